The van der Waals surface area contributed by atoms with Gasteiger partial charge in [-0.1, -0.05) is 36.8 Å². The monoisotopic (exact) mass is 408 g/mol. The normalized spacial score (nSPS) is 17.8. The molecule has 1 atom stereocenters. The highest BCUT2D eigenvalue weighted by molar-refractivity contribution is 8.18. The van der Waals surface area contributed by atoms with Gasteiger partial charge >= 0.3 is 5.97 Å². The average Bonchev–Trinajstić information content (AvgIpc) is 3.03. The van der Waals surface area contributed by atoms with Gasteiger partial charge in [0.1, 0.15) is 0 Å². The van der Waals surface area contributed by atoms with E-state index >= 15 is 0 Å². The Morgan fingerprint density at radius 2 is 1.83 bits per heavy atom. The van der Waals surface area contributed by atoms with E-state index in [1.807, 2.05) is 44.2 Å². The third-order valence-corrected chi connectivity index (χ3v) is 5.74. The summed E-state index contributed by atoms with van der Waals surface area (Å²) in [7, 11) is 1.35. The number of carbonyl (C=O) groups is 2. The lowest BCUT2D eigenvalue weighted by Gasteiger charge is -2.22. The highest BCUT2D eigenvalue weighted by Gasteiger charge is 2.36. The van der Waals surface area contributed by atoms with E-state index in [1.165, 1.54) is 24.4 Å². The molecular weight excluding hydrogens is 384 g/mol. The van der Waals surface area contributed by atoms with Crippen LogP contribution < -0.4 is 0 Å². The van der Waals surface area contributed by atoms with Gasteiger partial charge in [0.05, 0.1) is 23.3 Å². The number of benzene rings is 2. The van der Waals surface area contributed by atoms with Gasteiger partial charge < -0.3 is 4.74 Å². The quantitative estimate of drug-likeness (QED) is 0.505. The number of amides is 1. The van der Waals surface area contributed by atoms with Crippen LogP contribution in [0.2, 0.25) is 0 Å². The molecule has 0 radical (unpaired) electrons. The smallest absolute Gasteiger partial charge is 0.337 e. The van der Waals surface area contributed by atoms with Crippen LogP contribution in [-0.4, -0.2) is 35.1 Å². The van der Waals surface area contributed by atoms with E-state index in [-0.39, 0.29) is 17.9 Å². The molecule has 5 nitrogen and oxygen atoms in total. The Morgan fingerprint density at radius 1 is 1.17 bits per heavy atom. The highest BCUT2D eigenvalue weighted by atomic mass is 32.2. The molecule has 0 unspecified atom stereocenters. The zero-order valence-corrected chi connectivity index (χ0v) is 17.8. The third kappa shape index (κ3) is 4.77. The number of nitrogens with zero attached hydrogens (tertiary/aromatic N) is 2. The molecule has 1 heterocycles. The summed E-state index contributed by atoms with van der Waals surface area (Å²) in [6.45, 7) is 6.11. The molecular formula is C23H24N2O3S. The first-order valence-electron chi connectivity index (χ1n) is 9.49. The molecule has 1 saturated heterocycles. The molecule has 29 heavy (non-hydrogen) atoms. The van der Waals surface area contributed by atoms with Gasteiger partial charge in [-0.25, -0.2) is 9.79 Å². The van der Waals surface area contributed by atoms with Crippen molar-refractivity contribution in [3.8, 4) is 0 Å². The number of carbonyl (C=O) groups excluding carboxylic acids is 2. The number of methoxy groups -OCH3 is 1. The summed E-state index contributed by atoms with van der Waals surface area (Å²) in [5.41, 5.74) is 3.30. The SMILES string of the molecule is CC[C@H](C)N1C(=O)/C(=C\c2ccc(C(=O)OC)cc2)SC1=Nc1ccc(C)cc1. The molecule has 1 aliphatic rings. The maximum absolute atomic E-state index is 13.1. The molecule has 0 saturated carbocycles. The van der Waals surface area contributed by atoms with Crippen LogP contribution in [0.5, 0.6) is 0 Å². The Morgan fingerprint density at radius 3 is 2.41 bits per heavy atom. The number of hydrogen-bond donors (Lipinski definition) is 0. The Labute approximate surface area is 175 Å². The zero-order chi connectivity index (χ0) is 21.0. The summed E-state index contributed by atoms with van der Waals surface area (Å²) in [6.07, 6.45) is 2.67. The van der Waals surface area contributed by atoms with Gasteiger partial charge in [0, 0.05) is 6.04 Å². The Balaban J connectivity index is 1.92. The Hall–Kier alpha value is -2.86. The van der Waals surface area contributed by atoms with E-state index in [1.54, 1.807) is 29.2 Å². The number of amidine groups is 1. The molecule has 0 aliphatic carbocycles. The number of hydrogen-bond acceptors (Lipinski definition) is 5. The standard InChI is InChI=1S/C23H24N2O3S/c1-5-16(3)25-21(26)20(14-17-8-10-18(11-9-17)22(27)28-4)29-23(25)24-19-12-6-15(2)7-13-19/h6-14,16H,5H2,1-4H3/b20-14+,24-23?/t16-/m0/s1. The largest absolute Gasteiger partial charge is 0.465 e. The van der Waals surface area contributed by atoms with Crippen LogP contribution in [0.15, 0.2) is 58.4 Å². The topological polar surface area (TPSA) is 59.0 Å². The first kappa shape index (κ1) is 20.9. The molecule has 6 heteroatoms. The minimum atomic E-state index is -0.383. The fraction of sp³-hybridized carbons (Fsp3) is 0.261. The van der Waals surface area contributed by atoms with E-state index in [0.717, 1.165) is 17.7 Å². The molecule has 1 fully saturated rings. The number of ether oxygens (including phenoxy) is 1. The lowest BCUT2D eigenvalue weighted by molar-refractivity contribution is -0.123. The molecule has 0 spiro atoms. The number of esters is 1. The highest BCUT2D eigenvalue weighted by Crippen LogP contribution is 2.36. The first-order valence-corrected chi connectivity index (χ1v) is 10.3. The average molecular weight is 409 g/mol. The second-order valence-electron chi connectivity index (χ2n) is 6.89. The van der Waals surface area contributed by atoms with Crippen molar-refractivity contribution in [1.82, 2.24) is 4.90 Å². The van der Waals surface area contributed by atoms with Crippen molar-refractivity contribution in [2.45, 2.75) is 33.2 Å². The van der Waals surface area contributed by atoms with Crippen molar-refractivity contribution in [1.29, 1.82) is 0 Å². The van der Waals surface area contributed by atoms with Crippen LogP contribution in [-0.2, 0) is 9.53 Å². The third-order valence-electron chi connectivity index (χ3n) is 4.76. The van der Waals surface area contributed by atoms with Crippen LogP contribution in [0, 0.1) is 6.92 Å². The predicted molar refractivity (Wildman–Crippen MR) is 118 cm³/mol. The molecule has 2 aromatic carbocycles. The molecule has 0 bridgehead atoms. The predicted octanol–water partition coefficient (Wildman–Crippen LogP) is 5.18. The van der Waals surface area contributed by atoms with E-state index in [4.69, 9.17) is 9.73 Å². The fourth-order valence-corrected chi connectivity index (χ4v) is 3.94. The number of thioether (sulfide) groups is 1. The second kappa shape index (κ2) is 9.09. The van der Waals surface area contributed by atoms with E-state index < -0.39 is 0 Å². The van der Waals surface area contributed by atoms with Gasteiger partial charge in [-0.2, -0.15) is 0 Å². The summed E-state index contributed by atoms with van der Waals surface area (Å²) < 4.78 is 4.72. The van der Waals surface area contributed by atoms with Crippen molar-refractivity contribution in [2.75, 3.05) is 7.11 Å². The summed E-state index contributed by atoms with van der Waals surface area (Å²) in [5.74, 6) is -0.432. The van der Waals surface area contributed by atoms with Crippen LogP contribution in [0.4, 0.5) is 5.69 Å². The minimum Gasteiger partial charge on any atom is -0.465 e. The lowest BCUT2D eigenvalue weighted by atomic mass is 10.1. The summed E-state index contributed by atoms with van der Waals surface area (Å²) in [4.78, 5) is 31.8. The van der Waals surface area contributed by atoms with Crippen LogP contribution in [0.1, 0.15) is 41.8 Å². The van der Waals surface area contributed by atoms with Gasteiger partial charge in [-0.3, -0.25) is 9.69 Å². The van der Waals surface area contributed by atoms with Crippen molar-refractivity contribution >= 4 is 40.6 Å². The first-order chi connectivity index (χ1) is 13.9. The fourth-order valence-electron chi connectivity index (χ4n) is 2.85. The number of rotatable bonds is 5. The molecule has 0 N–H and O–H groups in total. The summed E-state index contributed by atoms with van der Waals surface area (Å²) >= 11 is 1.38. The number of aliphatic imine (C=N–C) groups is 1. The lowest BCUT2D eigenvalue weighted by Crippen LogP contribution is -2.36. The second-order valence-corrected chi connectivity index (χ2v) is 7.90. The van der Waals surface area contributed by atoms with Gasteiger partial charge in [0.2, 0.25) is 0 Å². The van der Waals surface area contributed by atoms with Crippen molar-refractivity contribution in [3.63, 3.8) is 0 Å². The van der Waals surface area contributed by atoms with Crippen molar-refractivity contribution in [2.24, 2.45) is 4.99 Å². The summed E-state index contributed by atoms with van der Waals surface area (Å²) in [6, 6.07) is 15.0. The zero-order valence-electron chi connectivity index (χ0n) is 17.0. The molecule has 3 rings (SSSR count). The van der Waals surface area contributed by atoms with Gasteiger partial charge in [-0.05, 0) is 67.9 Å². The molecule has 1 aliphatic heterocycles. The molecule has 2 aromatic rings. The van der Waals surface area contributed by atoms with Crippen LogP contribution in [0.3, 0.4) is 0 Å². The molecule has 1 amide bonds. The van der Waals surface area contributed by atoms with E-state index in [2.05, 4.69) is 6.92 Å². The maximum Gasteiger partial charge on any atom is 0.337 e. The van der Waals surface area contributed by atoms with E-state index in [9.17, 15) is 9.59 Å². The Bertz CT molecular complexity index is 963. The molecule has 0 aromatic heterocycles. The van der Waals surface area contributed by atoms with Crippen LogP contribution in [0.25, 0.3) is 6.08 Å². The van der Waals surface area contributed by atoms with Gasteiger partial charge in [-0.15, -0.1) is 0 Å². The van der Waals surface area contributed by atoms with Crippen molar-refractivity contribution < 1.29 is 14.3 Å². The van der Waals surface area contributed by atoms with Crippen molar-refractivity contribution in [3.05, 3.63) is 70.1 Å². The van der Waals surface area contributed by atoms with Crippen LogP contribution >= 0.6 is 11.8 Å². The summed E-state index contributed by atoms with van der Waals surface area (Å²) in [5, 5.41) is 0.686. The molecule has 150 valence electrons. The Kier molecular flexibility index (Phi) is 6.54. The van der Waals surface area contributed by atoms with Gasteiger partial charge in [0.15, 0.2) is 5.17 Å². The minimum absolute atomic E-state index is 0.0480. The van der Waals surface area contributed by atoms with Gasteiger partial charge in [0.25, 0.3) is 5.91 Å². The van der Waals surface area contributed by atoms with E-state index in [0.29, 0.717) is 15.6 Å². The maximum atomic E-state index is 13.1. The number of aryl methyl sites for hydroxylation is 1.